The fourth-order valence-electron chi connectivity index (χ4n) is 2.45. The fourth-order valence-corrected chi connectivity index (χ4v) is 2.85. The number of aromatic nitrogens is 3. The molecule has 0 unspecified atom stereocenters. The quantitative estimate of drug-likeness (QED) is 0.682. The van der Waals surface area contributed by atoms with Gasteiger partial charge in [0.1, 0.15) is 0 Å². The van der Waals surface area contributed by atoms with Crippen LogP contribution in [0.3, 0.4) is 0 Å². The van der Waals surface area contributed by atoms with Gasteiger partial charge in [0.2, 0.25) is 5.95 Å². The lowest BCUT2D eigenvalue weighted by Gasteiger charge is -2.22. The van der Waals surface area contributed by atoms with E-state index in [1.54, 1.807) is 6.20 Å². The SMILES string of the molecule is CCN(c1cccc(C)c1)c1cnnc(Nc2cccc(Br)c2)n1. The zero-order valence-corrected chi connectivity index (χ0v) is 15.2. The first-order chi connectivity index (χ1) is 11.7. The highest BCUT2D eigenvalue weighted by Crippen LogP contribution is 2.25. The van der Waals surface area contributed by atoms with E-state index in [0.29, 0.717) is 5.95 Å². The molecule has 1 heterocycles. The van der Waals surface area contributed by atoms with Gasteiger partial charge in [0, 0.05) is 22.4 Å². The van der Waals surface area contributed by atoms with Crippen molar-refractivity contribution in [2.45, 2.75) is 13.8 Å². The van der Waals surface area contributed by atoms with Crippen LogP contribution in [0.25, 0.3) is 0 Å². The summed E-state index contributed by atoms with van der Waals surface area (Å²) >= 11 is 3.46. The number of halogens is 1. The highest BCUT2D eigenvalue weighted by molar-refractivity contribution is 9.10. The lowest BCUT2D eigenvalue weighted by molar-refractivity contribution is 0.921. The number of anilines is 4. The lowest BCUT2D eigenvalue weighted by Crippen LogP contribution is -2.18. The van der Waals surface area contributed by atoms with Crippen molar-refractivity contribution in [3.63, 3.8) is 0 Å². The minimum Gasteiger partial charge on any atom is -0.325 e. The molecule has 0 saturated carbocycles. The van der Waals surface area contributed by atoms with Gasteiger partial charge in [-0.15, -0.1) is 5.10 Å². The van der Waals surface area contributed by atoms with E-state index in [9.17, 15) is 0 Å². The Bertz CT molecular complexity index is 837. The summed E-state index contributed by atoms with van der Waals surface area (Å²) in [6.07, 6.45) is 1.68. The normalized spacial score (nSPS) is 10.5. The molecule has 0 aliphatic carbocycles. The van der Waals surface area contributed by atoms with Crippen LogP contribution in [-0.2, 0) is 0 Å². The zero-order chi connectivity index (χ0) is 16.9. The number of hydrogen-bond donors (Lipinski definition) is 1. The number of hydrogen-bond acceptors (Lipinski definition) is 5. The Hall–Kier alpha value is -2.47. The standard InChI is InChI=1S/C18H18BrN5/c1-3-24(16-9-4-6-13(2)10-16)17-12-20-23-18(22-17)21-15-8-5-7-14(19)11-15/h4-12H,3H2,1-2H3,(H,21,22,23). The molecule has 24 heavy (non-hydrogen) atoms. The Kier molecular flexibility index (Phi) is 5.05. The van der Waals surface area contributed by atoms with E-state index in [-0.39, 0.29) is 0 Å². The summed E-state index contributed by atoms with van der Waals surface area (Å²) in [6.45, 7) is 4.96. The van der Waals surface area contributed by atoms with Crippen molar-refractivity contribution in [1.29, 1.82) is 0 Å². The van der Waals surface area contributed by atoms with Gasteiger partial charge in [0.15, 0.2) is 5.82 Å². The first kappa shape index (κ1) is 16.4. The van der Waals surface area contributed by atoms with Crippen molar-refractivity contribution in [2.24, 2.45) is 0 Å². The highest BCUT2D eigenvalue weighted by atomic mass is 79.9. The average Bonchev–Trinajstić information content (AvgIpc) is 2.56. The molecule has 122 valence electrons. The smallest absolute Gasteiger partial charge is 0.249 e. The minimum absolute atomic E-state index is 0.469. The number of aryl methyl sites for hydroxylation is 1. The highest BCUT2D eigenvalue weighted by Gasteiger charge is 2.11. The van der Waals surface area contributed by atoms with Crippen LogP contribution in [0.5, 0.6) is 0 Å². The Morgan fingerprint density at radius 1 is 1.12 bits per heavy atom. The van der Waals surface area contributed by atoms with Gasteiger partial charge in [0.05, 0.1) is 6.20 Å². The second-order valence-electron chi connectivity index (χ2n) is 5.36. The summed E-state index contributed by atoms with van der Waals surface area (Å²) in [7, 11) is 0. The second kappa shape index (κ2) is 7.40. The molecule has 2 aromatic carbocycles. The van der Waals surface area contributed by atoms with Gasteiger partial charge in [-0.25, -0.2) is 0 Å². The summed E-state index contributed by atoms with van der Waals surface area (Å²) in [5.41, 5.74) is 3.20. The van der Waals surface area contributed by atoms with Crippen LogP contribution in [0.15, 0.2) is 59.2 Å². The van der Waals surface area contributed by atoms with Crippen LogP contribution in [0.1, 0.15) is 12.5 Å². The number of benzene rings is 2. The Morgan fingerprint density at radius 2 is 1.96 bits per heavy atom. The Labute approximate surface area is 149 Å². The molecular weight excluding hydrogens is 366 g/mol. The first-order valence-electron chi connectivity index (χ1n) is 7.72. The average molecular weight is 384 g/mol. The molecule has 1 aromatic heterocycles. The largest absolute Gasteiger partial charge is 0.325 e. The maximum Gasteiger partial charge on any atom is 0.249 e. The van der Waals surface area contributed by atoms with Gasteiger partial charge >= 0.3 is 0 Å². The third-order valence-corrected chi connectivity index (χ3v) is 4.03. The van der Waals surface area contributed by atoms with Crippen molar-refractivity contribution >= 4 is 39.1 Å². The molecule has 0 aliphatic heterocycles. The lowest BCUT2D eigenvalue weighted by atomic mass is 10.2. The maximum absolute atomic E-state index is 4.60. The van der Waals surface area contributed by atoms with Crippen molar-refractivity contribution < 1.29 is 0 Å². The van der Waals surface area contributed by atoms with E-state index < -0.39 is 0 Å². The summed E-state index contributed by atoms with van der Waals surface area (Å²) in [4.78, 5) is 6.71. The van der Waals surface area contributed by atoms with Gasteiger partial charge < -0.3 is 10.2 Å². The Balaban J connectivity index is 1.88. The predicted octanol–water partition coefficient (Wildman–Crippen LogP) is 4.84. The Morgan fingerprint density at radius 3 is 2.71 bits per heavy atom. The molecular formula is C18H18BrN5. The van der Waals surface area contributed by atoms with E-state index in [0.717, 1.165) is 28.2 Å². The summed E-state index contributed by atoms with van der Waals surface area (Å²) < 4.78 is 0.992. The number of nitrogens with one attached hydrogen (secondary N) is 1. The van der Waals surface area contributed by atoms with Gasteiger partial charge in [-0.05, 0) is 49.7 Å². The summed E-state index contributed by atoms with van der Waals surface area (Å²) in [5.74, 6) is 1.23. The molecule has 0 spiro atoms. The molecule has 0 aliphatic rings. The topological polar surface area (TPSA) is 53.9 Å². The van der Waals surface area contributed by atoms with Crippen LogP contribution in [0.2, 0.25) is 0 Å². The third kappa shape index (κ3) is 3.89. The number of nitrogens with zero attached hydrogens (tertiary/aromatic N) is 4. The molecule has 6 heteroatoms. The van der Waals surface area contributed by atoms with Gasteiger partial charge in [0.25, 0.3) is 0 Å². The minimum atomic E-state index is 0.469. The number of rotatable bonds is 5. The van der Waals surface area contributed by atoms with E-state index in [1.807, 2.05) is 30.3 Å². The molecule has 0 atom stereocenters. The monoisotopic (exact) mass is 383 g/mol. The van der Waals surface area contributed by atoms with Crippen LogP contribution in [0.4, 0.5) is 23.1 Å². The van der Waals surface area contributed by atoms with E-state index in [4.69, 9.17) is 0 Å². The third-order valence-electron chi connectivity index (χ3n) is 3.53. The van der Waals surface area contributed by atoms with E-state index in [2.05, 4.69) is 73.4 Å². The van der Waals surface area contributed by atoms with Crippen LogP contribution in [-0.4, -0.2) is 21.7 Å². The van der Waals surface area contributed by atoms with Crippen molar-refractivity contribution in [2.75, 3.05) is 16.8 Å². The van der Waals surface area contributed by atoms with Crippen molar-refractivity contribution in [3.05, 3.63) is 64.8 Å². The molecule has 0 fully saturated rings. The van der Waals surface area contributed by atoms with Gasteiger partial charge in [-0.1, -0.05) is 34.1 Å². The summed E-state index contributed by atoms with van der Waals surface area (Å²) in [6, 6.07) is 16.2. The van der Waals surface area contributed by atoms with Crippen LogP contribution < -0.4 is 10.2 Å². The molecule has 3 aromatic rings. The second-order valence-corrected chi connectivity index (χ2v) is 6.27. The van der Waals surface area contributed by atoms with E-state index in [1.165, 1.54) is 5.56 Å². The molecule has 3 rings (SSSR count). The maximum atomic E-state index is 4.60. The van der Waals surface area contributed by atoms with Gasteiger partial charge in [-0.3, -0.25) is 0 Å². The molecule has 0 amide bonds. The molecule has 0 radical (unpaired) electrons. The molecule has 5 nitrogen and oxygen atoms in total. The van der Waals surface area contributed by atoms with E-state index >= 15 is 0 Å². The first-order valence-corrected chi connectivity index (χ1v) is 8.51. The molecule has 0 saturated heterocycles. The molecule has 0 bridgehead atoms. The fraction of sp³-hybridized carbons (Fsp3) is 0.167. The van der Waals surface area contributed by atoms with Gasteiger partial charge in [-0.2, -0.15) is 10.1 Å². The molecule has 1 N–H and O–H groups in total. The van der Waals surface area contributed by atoms with Crippen LogP contribution >= 0.6 is 15.9 Å². The zero-order valence-electron chi connectivity index (χ0n) is 13.6. The van der Waals surface area contributed by atoms with Crippen molar-refractivity contribution in [1.82, 2.24) is 15.2 Å². The predicted molar refractivity (Wildman–Crippen MR) is 101 cm³/mol. The summed E-state index contributed by atoms with van der Waals surface area (Å²) in [5, 5.41) is 11.4. The van der Waals surface area contributed by atoms with Crippen LogP contribution in [0, 0.1) is 6.92 Å². The van der Waals surface area contributed by atoms with Crippen molar-refractivity contribution in [3.8, 4) is 0 Å².